The number of para-hydroxylation sites is 1. The van der Waals surface area contributed by atoms with Crippen molar-refractivity contribution in [1.29, 1.82) is 0 Å². The van der Waals surface area contributed by atoms with Crippen molar-refractivity contribution in [3.05, 3.63) is 64.7 Å². The summed E-state index contributed by atoms with van der Waals surface area (Å²) in [6, 6.07) is 13.8. The lowest BCUT2D eigenvalue weighted by atomic mass is 9.83. The number of hydrogen-bond acceptors (Lipinski definition) is 3. The van der Waals surface area contributed by atoms with Gasteiger partial charge in [-0.15, -0.1) is 0 Å². The molecule has 1 aliphatic heterocycles. The number of benzene rings is 2. The predicted octanol–water partition coefficient (Wildman–Crippen LogP) is 3.57. The second kappa shape index (κ2) is 6.89. The van der Waals surface area contributed by atoms with Crippen LogP contribution in [0.5, 0.6) is 5.75 Å². The largest absolute Gasteiger partial charge is 0.496 e. The first kappa shape index (κ1) is 17.5. The minimum atomic E-state index is -0.114. The molecule has 0 aliphatic carbocycles. The molecule has 0 saturated heterocycles. The number of carbonyl (C=O) groups excluding carboxylic acids is 1. The summed E-state index contributed by atoms with van der Waals surface area (Å²) in [6.45, 7) is 8.20. The second-order valence-electron chi connectivity index (χ2n) is 7.52. The van der Waals surface area contributed by atoms with Crippen LogP contribution < -0.4 is 15.4 Å². The molecule has 0 aromatic heterocycles. The van der Waals surface area contributed by atoms with Crippen LogP contribution in [0.1, 0.15) is 53.9 Å². The maximum absolute atomic E-state index is 12.7. The molecular weight excluding hydrogens is 312 g/mol. The van der Waals surface area contributed by atoms with Crippen LogP contribution in [-0.4, -0.2) is 19.6 Å². The number of amides is 1. The van der Waals surface area contributed by atoms with Crippen molar-refractivity contribution < 1.29 is 9.53 Å². The van der Waals surface area contributed by atoms with Crippen molar-refractivity contribution in [3.8, 4) is 5.75 Å². The highest BCUT2D eigenvalue weighted by Gasteiger charge is 2.25. The summed E-state index contributed by atoms with van der Waals surface area (Å²) in [5.74, 6) is 0.476. The minimum absolute atomic E-state index is 0.0461. The van der Waals surface area contributed by atoms with E-state index in [-0.39, 0.29) is 17.4 Å². The highest BCUT2D eigenvalue weighted by atomic mass is 16.5. The second-order valence-corrected chi connectivity index (χ2v) is 7.52. The molecule has 3 rings (SSSR count). The lowest BCUT2D eigenvalue weighted by Crippen LogP contribution is -2.39. The number of nitrogens with one attached hydrogen (secondary N) is 2. The predicted molar refractivity (Wildman–Crippen MR) is 100 cm³/mol. The molecule has 0 fully saturated rings. The maximum Gasteiger partial charge on any atom is 0.255 e. The lowest BCUT2D eigenvalue weighted by Gasteiger charge is -2.29. The SMILES string of the molecule is COc1ccccc1C(=O)NC1CNCc2cc(C(C)(C)C)ccc21. The van der Waals surface area contributed by atoms with Crippen molar-refractivity contribution in [1.82, 2.24) is 10.6 Å². The van der Waals surface area contributed by atoms with Crippen LogP contribution in [0.25, 0.3) is 0 Å². The normalized spacial score (nSPS) is 16.9. The van der Waals surface area contributed by atoms with Gasteiger partial charge < -0.3 is 15.4 Å². The third-order valence-corrected chi connectivity index (χ3v) is 4.71. The summed E-state index contributed by atoms with van der Waals surface area (Å²) in [4.78, 5) is 12.7. The van der Waals surface area contributed by atoms with E-state index >= 15 is 0 Å². The fourth-order valence-corrected chi connectivity index (χ4v) is 3.22. The van der Waals surface area contributed by atoms with Crippen LogP contribution in [0.15, 0.2) is 42.5 Å². The van der Waals surface area contributed by atoms with Crippen molar-refractivity contribution in [3.63, 3.8) is 0 Å². The molecule has 0 saturated carbocycles. The van der Waals surface area contributed by atoms with Crippen LogP contribution >= 0.6 is 0 Å². The molecular formula is C21H26N2O2. The van der Waals surface area contributed by atoms with Crippen LogP contribution in [0, 0.1) is 0 Å². The molecule has 1 heterocycles. The van der Waals surface area contributed by atoms with Gasteiger partial charge in [0.15, 0.2) is 0 Å². The molecule has 4 heteroatoms. The zero-order valence-electron chi connectivity index (χ0n) is 15.3. The molecule has 2 aromatic rings. The zero-order chi connectivity index (χ0) is 18.0. The monoisotopic (exact) mass is 338 g/mol. The molecule has 1 atom stereocenters. The van der Waals surface area contributed by atoms with E-state index in [0.29, 0.717) is 11.3 Å². The smallest absolute Gasteiger partial charge is 0.255 e. The van der Waals surface area contributed by atoms with Gasteiger partial charge in [-0.05, 0) is 34.2 Å². The average molecular weight is 338 g/mol. The molecule has 0 radical (unpaired) electrons. The van der Waals surface area contributed by atoms with Crippen molar-refractivity contribution in [2.45, 2.75) is 38.8 Å². The van der Waals surface area contributed by atoms with E-state index in [1.807, 2.05) is 12.1 Å². The Morgan fingerprint density at radius 2 is 1.96 bits per heavy atom. The summed E-state index contributed by atoms with van der Waals surface area (Å²) in [6.07, 6.45) is 0. The molecule has 0 bridgehead atoms. The van der Waals surface area contributed by atoms with Crippen LogP contribution in [-0.2, 0) is 12.0 Å². The standard InChI is InChI=1S/C21H26N2O2/c1-21(2,3)15-9-10-16-14(11-15)12-22-13-18(16)23-20(24)17-7-5-6-8-19(17)25-4/h5-11,18,22H,12-13H2,1-4H3,(H,23,24). The average Bonchev–Trinajstić information content (AvgIpc) is 2.60. The van der Waals surface area contributed by atoms with E-state index in [1.54, 1.807) is 19.2 Å². The van der Waals surface area contributed by atoms with E-state index in [0.717, 1.165) is 13.1 Å². The van der Waals surface area contributed by atoms with E-state index < -0.39 is 0 Å². The third-order valence-electron chi connectivity index (χ3n) is 4.71. The van der Waals surface area contributed by atoms with Gasteiger partial charge in [-0.25, -0.2) is 0 Å². The Morgan fingerprint density at radius 1 is 1.20 bits per heavy atom. The van der Waals surface area contributed by atoms with Gasteiger partial charge in [-0.2, -0.15) is 0 Å². The number of ether oxygens (including phenoxy) is 1. The molecule has 0 spiro atoms. The first-order chi connectivity index (χ1) is 11.9. The Morgan fingerprint density at radius 3 is 2.68 bits per heavy atom. The quantitative estimate of drug-likeness (QED) is 0.899. The van der Waals surface area contributed by atoms with E-state index in [9.17, 15) is 4.79 Å². The van der Waals surface area contributed by atoms with Crippen LogP contribution in [0.3, 0.4) is 0 Å². The Balaban J connectivity index is 1.85. The van der Waals surface area contributed by atoms with Gasteiger partial charge in [0.05, 0.1) is 18.7 Å². The van der Waals surface area contributed by atoms with E-state index in [1.165, 1.54) is 16.7 Å². The summed E-state index contributed by atoms with van der Waals surface area (Å²) < 4.78 is 5.30. The number of carbonyl (C=O) groups is 1. The summed E-state index contributed by atoms with van der Waals surface area (Å²) in [5.41, 5.74) is 4.43. The van der Waals surface area contributed by atoms with Crippen LogP contribution in [0.4, 0.5) is 0 Å². The molecule has 4 nitrogen and oxygen atoms in total. The lowest BCUT2D eigenvalue weighted by molar-refractivity contribution is 0.0931. The van der Waals surface area contributed by atoms with Gasteiger partial charge in [-0.1, -0.05) is 51.1 Å². The Labute approximate surface area is 149 Å². The van der Waals surface area contributed by atoms with Crippen molar-refractivity contribution in [2.75, 3.05) is 13.7 Å². The van der Waals surface area contributed by atoms with Crippen molar-refractivity contribution in [2.24, 2.45) is 0 Å². The molecule has 1 aliphatic rings. The Kier molecular flexibility index (Phi) is 4.82. The summed E-state index contributed by atoms with van der Waals surface area (Å²) in [5, 5.41) is 6.55. The molecule has 1 unspecified atom stereocenters. The highest BCUT2D eigenvalue weighted by Crippen LogP contribution is 2.29. The zero-order valence-corrected chi connectivity index (χ0v) is 15.3. The fraction of sp³-hybridized carbons (Fsp3) is 0.381. The van der Waals surface area contributed by atoms with Crippen LogP contribution in [0.2, 0.25) is 0 Å². The highest BCUT2D eigenvalue weighted by molar-refractivity contribution is 5.97. The number of fused-ring (bicyclic) bond motifs is 1. The Hall–Kier alpha value is -2.33. The maximum atomic E-state index is 12.7. The number of rotatable bonds is 3. The fourth-order valence-electron chi connectivity index (χ4n) is 3.22. The Bertz CT molecular complexity index is 778. The summed E-state index contributed by atoms with van der Waals surface area (Å²) >= 11 is 0. The number of methoxy groups -OCH3 is 1. The molecule has 2 N–H and O–H groups in total. The van der Waals surface area contributed by atoms with E-state index in [4.69, 9.17) is 4.74 Å². The summed E-state index contributed by atoms with van der Waals surface area (Å²) in [7, 11) is 1.58. The molecule has 25 heavy (non-hydrogen) atoms. The first-order valence-electron chi connectivity index (χ1n) is 8.68. The minimum Gasteiger partial charge on any atom is -0.496 e. The topological polar surface area (TPSA) is 50.4 Å². The third kappa shape index (κ3) is 3.69. The van der Waals surface area contributed by atoms with Gasteiger partial charge in [0, 0.05) is 13.1 Å². The van der Waals surface area contributed by atoms with Gasteiger partial charge in [0.1, 0.15) is 5.75 Å². The van der Waals surface area contributed by atoms with Gasteiger partial charge >= 0.3 is 0 Å². The van der Waals surface area contributed by atoms with E-state index in [2.05, 4.69) is 49.6 Å². The molecule has 132 valence electrons. The van der Waals surface area contributed by atoms with Gasteiger partial charge in [0.25, 0.3) is 5.91 Å². The van der Waals surface area contributed by atoms with Crippen molar-refractivity contribution >= 4 is 5.91 Å². The molecule has 2 aromatic carbocycles. The number of hydrogen-bond donors (Lipinski definition) is 2. The van der Waals surface area contributed by atoms with Gasteiger partial charge in [-0.3, -0.25) is 4.79 Å². The molecule has 1 amide bonds. The first-order valence-corrected chi connectivity index (χ1v) is 8.68. The van der Waals surface area contributed by atoms with Gasteiger partial charge in [0.2, 0.25) is 0 Å².